The van der Waals surface area contributed by atoms with E-state index in [9.17, 15) is 0 Å². The molecule has 94 valence electrons. The number of rotatable bonds is 4. The predicted octanol–water partition coefficient (Wildman–Crippen LogP) is 4.12. The van der Waals surface area contributed by atoms with Crippen LogP contribution in [0.3, 0.4) is 0 Å². The first-order valence-electron chi connectivity index (χ1n) is 7.53. The van der Waals surface area contributed by atoms with Gasteiger partial charge in [-0.15, -0.1) is 0 Å². The molecule has 0 radical (unpaired) electrons. The minimum atomic E-state index is 0.746. The predicted molar refractivity (Wildman–Crippen MR) is 70.6 cm³/mol. The van der Waals surface area contributed by atoms with Crippen molar-refractivity contribution in [2.75, 3.05) is 0 Å². The Morgan fingerprint density at radius 2 is 1.06 bits per heavy atom. The van der Waals surface area contributed by atoms with Crippen LogP contribution < -0.4 is 5.32 Å². The summed E-state index contributed by atoms with van der Waals surface area (Å²) in [5.74, 6) is 1.92. The molecule has 1 N–H and O–H groups in total. The third-order valence-electron chi connectivity index (χ3n) is 4.99. The Kier molecular flexibility index (Phi) is 4.69. The summed E-state index contributed by atoms with van der Waals surface area (Å²) in [6.07, 6.45) is 13.2. The van der Waals surface area contributed by atoms with Crippen molar-refractivity contribution in [1.82, 2.24) is 5.32 Å². The topological polar surface area (TPSA) is 12.0 Å². The van der Waals surface area contributed by atoms with Gasteiger partial charge in [-0.2, -0.15) is 0 Å². The van der Waals surface area contributed by atoms with Crippen molar-refractivity contribution >= 4 is 0 Å². The van der Waals surface area contributed by atoms with E-state index in [1.807, 2.05) is 0 Å². The summed E-state index contributed by atoms with van der Waals surface area (Å²) in [5, 5.41) is 3.89. The molecule has 2 aliphatic carbocycles. The van der Waals surface area contributed by atoms with Crippen LogP contribution in [0.5, 0.6) is 0 Å². The van der Waals surface area contributed by atoms with Crippen LogP contribution in [0, 0.1) is 11.8 Å². The molecule has 0 aromatic rings. The van der Waals surface area contributed by atoms with Gasteiger partial charge in [0.25, 0.3) is 0 Å². The summed E-state index contributed by atoms with van der Waals surface area (Å²) in [5.41, 5.74) is 0. The van der Waals surface area contributed by atoms with Gasteiger partial charge in [0.1, 0.15) is 0 Å². The Hall–Kier alpha value is -0.0400. The smallest absolute Gasteiger partial charge is 0.00695 e. The highest BCUT2D eigenvalue weighted by molar-refractivity contribution is 4.83. The molecule has 0 aromatic heterocycles. The van der Waals surface area contributed by atoms with Gasteiger partial charge in [0.15, 0.2) is 0 Å². The Balaban J connectivity index is 1.74. The molecule has 2 fully saturated rings. The molecule has 2 saturated carbocycles. The lowest BCUT2D eigenvalue weighted by Gasteiger charge is -2.32. The summed E-state index contributed by atoms with van der Waals surface area (Å²) in [6, 6.07) is 1.50. The molecule has 16 heavy (non-hydrogen) atoms. The highest BCUT2D eigenvalue weighted by atomic mass is 15.0. The second kappa shape index (κ2) is 6.05. The van der Waals surface area contributed by atoms with Gasteiger partial charge < -0.3 is 5.32 Å². The zero-order valence-electron chi connectivity index (χ0n) is 11.2. The minimum Gasteiger partial charge on any atom is -0.311 e. The van der Waals surface area contributed by atoms with Crippen LogP contribution in [-0.2, 0) is 0 Å². The second-order valence-corrected chi connectivity index (χ2v) is 6.19. The molecule has 0 bridgehead atoms. The van der Waals surface area contributed by atoms with Gasteiger partial charge in [-0.25, -0.2) is 0 Å². The van der Waals surface area contributed by atoms with Gasteiger partial charge in [0.05, 0.1) is 0 Å². The molecule has 0 amide bonds. The molecule has 0 saturated heterocycles. The SMILES string of the molecule is CC(N[C@@H](C)C1CCCCC1)C1CCCC1. The van der Waals surface area contributed by atoms with Crippen LogP contribution >= 0.6 is 0 Å². The third-order valence-corrected chi connectivity index (χ3v) is 4.99. The van der Waals surface area contributed by atoms with E-state index < -0.39 is 0 Å². The molecule has 0 spiro atoms. The van der Waals surface area contributed by atoms with Gasteiger partial charge in [0.2, 0.25) is 0 Å². The van der Waals surface area contributed by atoms with E-state index in [1.165, 1.54) is 57.8 Å². The van der Waals surface area contributed by atoms with E-state index in [0.29, 0.717) is 0 Å². The van der Waals surface area contributed by atoms with E-state index >= 15 is 0 Å². The van der Waals surface area contributed by atoms with Gasteiger partial charge in [-0.3, -0.25) is 0 Å². The molecular weight excluding hydrogens is 194 g/mol. The molecule has 1 unspecified atom stereocenters. The molecule has 2 rings (SSSR count). The van der Waals surface area contributed by atoms with E-state index in [0.717, 1.165) is 23.9 Å². The lowest BCUT2D eigenvalue weighted by Crippen LogP contribution is -2.43. The van der Waals surface area contributed by atoms with Crippen molar-refractivity contribution < 1.29 is 0 Å². The molecule has 2 atom stereocenters. The van der Waals surface area contributed by atoms with Gasteiger partial charge >= 0.3 is 0 Å². The van der Waals surface area contributed by atoms with Gasteiger partial charge in [-0.05, 0) is 51.4 Å². The zero-order chi connectivity index (χ0) is 11.4. The summed E-state index contributed by atoms with van der Waals surface area (Å²) in [4.78, 5) is 0. The fourth-order valence-electron chi connectivity index (χ4n) is 3.78. The zero-order valence-corrected chi connectivity index (χ0v) is 11.2. The number of hydrogen-bond donors (Lipinski definition) is 1. The van der Waals surface area contributed by atoms with E-state index in [1.54, 1.807) is 0 Å². The normalized spacial score (nSPS) is 28.1. The highest BCUT2D eigenvalue weighted by Crippen LogP contribution is 2.30. The quantitative estimate of drug-likeness (QED) is 0.756. The fourth-order valence-corrected chi connectivity index (χ4v) is 3.78. The number of hydrogen-bond acceptors (Lipinski definition) is 1. The Labute approximate surface area is 101 Å². The highest BCUT2D eigenvalue weighted by Gasteiger charge is 2.25. The second-order valence-electron chi connectivity index (χ2n) is 6.19. The average Bonchev–Trinajstić information content (AvgIpc) is 2.83. The minimum absolute atomic E-state index is 0.746. The van der Waals surface area contributed by atoms with Crippen molar-refractivity contribution in [3.05, 3.63) is 0 Å². The van der Waals surface area contributed by atoms with E-state index in [4.69, 9.17) is 0 Å². The Morgan fingerprint density at radius 1 is 0.688 bits per heavy atom. The average molecular weight is 223 g/mol. The van der Waals surface area contributed by atoms with E-state index in [2.05, 4.69) is 19.2 Å². The molecule has 2 aliphatic rings. The van der Waals surface area contributed by atoms with Crippen molar-refractivity contribution in [3.63, 3.8) is 0 Å². The maximum Gasteiger partial charge on any atom is 0.00695 e. The largest absolute Gasteiger partial charge is 0.311 e. The monoisotopic (exact) mass is 223 g/mol. The first-order chi connectivity index (χ1) is 7.77. The third kappa shape index (κ3) is 3.23. The molecule has 1 nitrogen and oxygen atoms in total. The van der Waals surface area contributed by atoms with Gasteiger partial charge in [-0.1, -0.05) is 32.1 Å². The lowest BCUT2D eigenvalue weighted by atomic mass is 9.84. The standard InChI is InChI=1S/C15H29N/c1-12(14-8-4-3-5-9-14)16-13(2)15-10-6-7-11-15/h12-16H,3-11H2,1-2H3/t12-,13?/m0/s1. The summed E-state index contributed by atoms with van der Waals surface area (Å²) in [7, 11) is 0. The molecule has 0 heterocycles. The van der Waals surface area contributed by atoms with Gasteiger partial charge in [0, 0.05) is 12.1 Å². The number of nitrogens with one attached hydrogen (secondary N) is 1. The maximum atomic E-state index is 3.89. The van der Waals surface area contributed by atoms with Crippen LogP contribution in [-0.4, -0.2) is 12.1 Å². The van der Waals surface area contributed by atoms with Crippen molar-refractivity contribution in [2.24, 2.45) is 11.8 Å². The molecule has 0 aromatic carbocycles. The molecular formula is C15H29N. The maximum absolute atomic E-state index is 3.89. The summed E-state index contributed by atoms with van der Waals surface area (Å²) in [6.45, 7) is 4.83. The van der Waals surface area contributed by atoms with Crippen LogP contribution in [0.2, 0.25) is 0 Å². The van der Waals surface area contributed by atoms with E-state index in [-0.39, 0.29) is 0 Å². The first kappa shape index (κ1) is 12.4. The van der Waals surface area contributed by atoms with Crippen molar-refractivity contribution in [1.29, 1.82) is 0 Å². The molecule has 0 aliphatic heterocycles. The fraction of sp³-hybridized carbons (Fsp3) is 1.00. The van der Waals surface area contributed by atoms with Crippen LogP contribution in [0.4, 0.5) is 0 Å². The Morgan fingerprint density at radius 3 is 1.50 bits per heavy atom. The van der Waals surface area contributed by atoms with Crippen LogP contribution in [0.1, 0.15) is 71.6 Å². The van der Waals surface area contributed by atoms with Crippen molar-refractivity contribution in [2.45, 2.75) is 83.7 Å². The molecule has 1 heteroatoms. The van der Waals surface area contributed by atoms with Crippen molar-refractivity contribution in [3.8, 4) is 0 Å². The van der Waals surface area contributed by atoms with Crippen LogP contribution in [0.15, 0.2) is 0 Å². The summed E-state index contributed by atoms with van der Waals surface area (Å²) >= 11 is 0. The first-order valence-corrected chi connectivity index (χ1v) is 7.53. The summed E-state index contributed by atoms with van der Waals surface area (Å²) < 4.78 is 0. The van der Waals surface area contributed by atoms with Crippen LogP contribution in [0.25, 0.3) is 0 Å². The lowest BCUT2D eigenvalue weighted by molar-refractivity contribution is 0.244. The Bertz CT molecular complexity index is 190.